The van der Waals surface area contributed by atoms with Crippen molar-refractivity contribution in [3.63, 3.8) is 0 Å². The highest BCUT2D eigenvalue weighted by Crippen LogP contribution is 2.12. The Labute approximate surface area is 108 Å². The largest absolute Gasteiger partial charge is 0.467 e. The molecular formula is C13H23N3O2. The number of nitrogens with zero attached hydrogens (tertiary/aromatic N) is 1. The van der Waals surface area contributed by atoms with E-state index in [1.54, 1.807) is 6.07 Å². The molecule has 18 heavy (non-hydrogen) atoms. The van der Waals surface area contributed by atoms with E-state index >= 15 is 0 Å². The Bertz CT molecular complexity index is 376. The predicted octanol–water partition coefficient (Wildman–Crippen LogP) is 1.75. The number of hydrazine groups is 1. The van der Waals surface area contributed by atoms with E-state index in [1.807, 2.05) is 0 Å². The fraction of sp³-hybridized carbons (Fsp3) is 0.615. The molecule has 0 aliphatic heterocycles. The van der Waals surface area contributed by atoms with Crippen LogP contribution in [-0.2, 0) is 6.54 Å². The van der Waals surface area contributed by atoms with Gasteiger partial charge in [0.1, 0.15) is 12.0 Å². The molecule has 1 heterocycles. The first kappa shape index (κ1) is 14.7. The van der Waals surface area contributed by atoms with E-state index in [1.165, 1.54) is 6.26 Å². The van der Waals surface area contributed by atoms with Crippen LogP contribution in [0.25, 0.3) is 0 Å². The Morgan fingerprint density at radius 3 is 2.83 bits per heavy atom. The van der Waals surface area contributed by atoms with Gasteiger partial charge in [-0.05, 0) is 18.5 Å². The molecule has 0 spiro atoms. The van der Waals surface area contributed by atoms with E-state index in [9.17, 15) is 4.79 Å². The van der Waals surface area contributed by atoms with Crippen LogP contribution in [0.2, 0.25) is 0 Å². The first-order valence-corrected chi connectivity index (χ1v) is 6.41. The summed E-state index contributed by atoms with van der Waals surface area (Å²) in [5.41, 5.74) is 2.56. The van der Waals surface area contributed by atoms with Crippen molar-refractivity contribution in [3.8, 4) is 0 Å². The molecule has 1 atom stereocenters. The number of carbonyl (C=O) groups is 1. The molecule has 0 aliphatic carbocycles. The van der Waals surface area contributed by atoms with Crippen molar-refractivity contribution >= 4 is 5.91 Å². The highest BCUT2D eigenvalue weighted by Gasteiger charge is 2.13. The number of amides is 1. The summed E-state index contributed by atoms with van der Waals surface area (Å²) in [7, 11) is 0. The molecule has 1 unspecified atom stereocenters. The molecule has 0 bridgehead atoms. The Kier molecular flexibility index (Phi) is 5.88. The van der Waals surface area contributed by atoms with Crippen LogP contribution < -0.4 is 11.3 Å². The number of nitrogens with two attached hydrogens (primary N) is 1. The molecule has 1 aromatic heterocycles. The van der Waals surface area contributed by atoms with Gasteiger partial charge in [0.05, 0.1) is 12.1 Å². The fourth-order valence-corrected chi connectivity index (χ4v) is 1.76. The maximum Gasteiger partial charge on any atom is 0.268 e. The molecule has 0 saturated heterocycles. The lowest BCUT2D eigenvalue weighted by Gasteiger charge is -2.22. The lowest BCUT2D eigenvalue weighted by atomic mass is 10.1. The van der Waals surface area contributed by atoms with Crippen LogP contribution in [0.1, 0.15) is 43.3 Å². The first-order chi connectivity index (χ1) is 8.60. The smallest absolute Gasteiger partial charge is 0.268 e. The van der Waals surface area contributed by atoms with E-state index in [0.29, 0.717) is 11.5 Å². The number of rotatable bonds is 7. The summed E-state index contributed by atoms with van der Waals surface area (Å²) < 4.78 is 5.38. The summed E-state index contributed by atoms with van der Waals surface area (Å²) >= 11 is 0. The Morgan fingerprint density at radius 2 is 2.28 bits per heavy atom. The minimum atomic E-state index is -0.324. The van der Waals surface area contributed by atoms with Crippen molar-refractivity contribution in [2.45, 2.75) is 33.7 Å². The van der Waals surface area contributed by atoms with Crippen LogP contribution in [0.15, 0.2) is 16.7 Å². The van der Waals surface area contributed by atoms with E-state index in [2.05, 4.69) is 31.1 Å². The molecule has 3 N–H and O–H groups in total. The van der Waals surface area contributed by atoms with Gasteiger partial charge in [-0.1, -0.05) is 27.2 Å². The van der Waals surface area contributed by atoms with Gasteiger partial charge in [0, 0.05) is 6.54 Å². The average molecular weight is 253 g/mol. The molecule has 102 valence electrons. The number of hydrogen-bond donors (Lipinski definition) is 2. The maximum atomic E-state index is 11.3. The number of hydrogen-bond acceptors (Lipinski definition) is 4. The van der Waals surface area contributed by atoms with Crippen molar-refractivity contribution in [1.29, 1.82) is 0 Å². The molecule has 0 fully saturated rings. The summed E-state index contributed by atoms with van der Waals surface area (Å²) in [5.74, 6) is 6.20. The Hall–Kier alpha value is -1.33. The zero-order valence-corrected chi connectivity index (χ0v) is 11.4. The van der Waals surface area contributed by atoms with E-state index in [-0.39, 0.29) is 5.91 Å². The fourth-order valence-electron chi connectivity index (χ4n) is 1.76. The highest BCUT2D eigenvalue weighted by molar-refractivity contribution is 5.93. The van der Waals surface area contributed by atoms with E-state index in [0.717, 1.165) is 31.8 Å². The zero-order chi connectivity index (χ0) is 13.5. The van der Waals surface area contributed by atoms with Crippen LogP contribution in [0.4, 0.5) is 0 Å². The quantitative estimate of drug-likeness (QED) is 0.441. The minimum absolute atomic E-state index is 0.324. The molecule has 0 saturated carbocycles. The predicted molar refractivity (Wildman–Crippen MR) is 70.8 cm³/mol. The summed E-state index contributed by atoms with van der Waals surface area (Å²) in [6.45, 7) is 9.26. The number of furan rings is 1. The van der Waals surface area contributed by atoms with Gasteiger partial charge >= 0.3 is 0 Å². The average Bonchev–Trinajstić information content (AvgIpc) is 2.85. The SMILES string of the molecule is CCC(C)CN(CC)Cc1cc(C(=O)NN)co1. The van der Waals surface area contributed by atoms with Crippen LogP contribution >= 0.6 is 0 Å². The van der Waals surface area contributed by atoms with Crippen LogP contribution in [0.5, 0.6) is 0 Å². The molecule has 1 rings (SSSR count). The first-order valence-electron chi connectivity index (χ1n) is 6.41. The number of nitrogen functional groups attached to an aromatic ring is 1. The molecule has 0 radical (unpaired) electrons. The Morgan fingerprint density at radius 1 is 1.56 bits per heavy atom. The topological polar surface area (TPSA) is 71.5 Å². The molecule has 0 aliphatic rings. The summed E-state index contributed by atoms with van der Waals surface area (Å²) in [6, 6.07) is 1.74. The summed E-state index contributed by atoms with van der Waals surface area (Å²) in [6.07, 6.45) is 2.60. The molecule has 0 aromatic carbocycles. The third-order valence-corrected chi connectivity index (χ3v) is 3.14. The van der Waals surface area contributed by atoms with Crippen LogP contribution in [0, 0.1) is 5.92 Å². The third-order valence-electron chi connectivity index (χ3n) is 3.14. The second-order valence-corrected chi connectivity index (χ2v) is 4.62. The maximum absolute atomic E-state index is 11.3. The van der Waals surface area contributed by atoms with Crippen LogP contribution in [-0.4, -0.2) is 23.9 Å². The third kappa shape index (κ3) is 4.16. The normalized spacial score (nSPS) is 12.7. The van der Waals surface area contributed by atoms with Gasteiger partial charge in [0.25, 0.3) is 5.91 Å². The molecule has 1 aromatic rings. The molecule has 5 nitrogen and oxygen atoms in total. The minimum Gasteiger partial charge on any atom is -0.467 e. The molecule has 1 amide bonds. The standard InChI is InChI=1S/C13H23N3O2/c1-4-10(3)7-16(5-2)8-12-6-11(9-18-12)13(17)15-14/h6,9-10H,4-5,7-8,14H2,1-3H3,(H,15,17). The van der Waals surface area contributed by atoms with Gasteiger partial charge in [-0.15, -0.1) is 0 Å². The second kappa shape index (κ2) is 7.18. The molecule has 5 heteroatoms. The summed E-state index contributed by atoms with van der Waals surface area (Å²) in [5, 5.41) is 0. The van der Waals surface area contributed by atoms with Gasteiger partial charge in [-0.25, -0.2) is 5.84 Å². The lowest BCUT2D eigenvalue weighted by Crippen LogP contribution is -2.29. The van der Waals surface area contributed by atoms with Gasteiger partial charge in [-0.2, -0.15) is 0 Å². The monoisotopic (exact) mass is 253 g/mol. The number of nitrogens with one attached hydrogen (secondary N) is 1. The van der Waals surface area contributed by atoms with Gasteiger partial charge < -0.3 is 4.42 Å². The van der Waals surface area contributed by atoms with Gasteiger partial charge in [0.15, 0.2) is 0 Å². The second-order valence-electron chi connectivity index (χ2n) is 4.62. The van der Waals surface area contributed by atoms with Crippen molar-refractivity contribution in [2.75, 3.05) is 13.1 Å². The number of carbonyl (C=O) groups excluding carboxylic acids is 1. The van der Waals surface area contributed by atoms with E-state index < -0.39 is 0 Å². The Balaban J connectivity index is 2.59. The van der Waals surface area contributed by atoms with Crippen molar-refractivity contribution in [3.05, 3.63) is 23.7 Å². The van der Waals surface area contributed by atoms with Crippen molar-refractivity contribution in [1.82, 2.24) is 10.3 Å². The zero-order valence-electron chi connectivity index (χ0n) is 11.4. The van der Waals surface area contributed by atoms with E-state index in [4.69, 9.17) is 10.3 Å². The van der Waals surface area contributed by atoms with Crippen molar-refractivity contribution < 1.29 is 9.21 Å². The highest BCUT2D eigenvalue weighted by atomic mass is 16.3. The van der Waals surface area contributed by atoms with Gasteiger partial charge in [-0.3, -0.25) is 15.1 Å². The van der Waals surface area contributed by atoms with Gasteiger partial charge in [0.2, 0.25) is 0 Å². The van der Waals surface area contributed by atoms with Crippen molar-refractivity contribution in [2.24, 2.45) is 11.8 Å². The van der Waals surface area contributed by atoms with Crippen LogP contribution in [0.3, 0.4) is 0 Å². The lowest BCUT2D eigenvalue weighted by molar-refractivity contribution is 0.0953. The molecular weight excluding hydrogens is 230 g/mol. The summed E-state index contributed by atoms with van der Waals surface area (Å²) in [4.78, 5) is 13.6.